The zero-order chi connectivity index (χ0) is 16.7. The molecule has 122 valence electrons. The van der Waals surface area contributed by atoms with Gasteiger partial charge in [-0.05, 0) is 13.8 Å². The highest BCUT2D eigenvalue weighted by molar-refractivity contribution is 7.80. The van der Waals surface area contributed by atoms with Gasteiger partial charge in [-0.2, -0.15) is 12.6 Å². The van der Waals surface area contributed by atoms with Crippen LogP contribution in [0.4, 0.5) is 0 Å². The van der Waals surface area contributed by atoms with Gasteiger partial charge in [0.25, 0.3) is 0 Å². The van der Waals surface area contributed by atoms with Crippen molar-refractivity contribution >= 4 is 30.4 Å². The van der Waals surface area contributed by atoms with E-state index >= 15 is 0 Å². The molecule has 5 unspecified atom stereocenters. The third-order valence-electron chi connectivity index (χ3n) is 2.64. The maximum Gasteiger partial charge on any atom is 0.328 e. The third kappa shape index (κ3) is 6.29. The summed E-state index contributed by atoms with van der Waals surface area (Å²) in [5.74, 6) is -3.07. The van der Waals surface area contributed by atoms with Crippen molar-refractivity contribution in [3.63, 3.8) is 0 Å². The lowest BCUT2D eigenvalue weighted by Gasteiger charge is -2.25. The van der Waals surface area contributed by atoms with E-state index < -0.39 is 48.1 Å². The van der Waals surface area contributed by atoms with Crippen molar-refractivity contribution in [1.29, 1.82) is 0 Å². The minimum absolute atomic E-state index is 0.0331. The minimum Gasteiger partial charge on any atom is -0.480 e. The molecule has 2 amide bonds. The van der Waals surface area contributed by atoms with Crippen LogP contribution in [0.3, 0.4) is 0 Å². The second-order valence-electron chi connectivity index (χ2n) is 4.58. The summed E-state index contributed by atoms with van der Waals surface area (Å²) in [5.41, 5.74) is 5.43. The fourth-order valence-corrected chi connectivity index (χ4v) is 1.55. The van der Waals surface area contributed by atoms with E-state index in [2.05, 4.69) is 17.9 Å². The lowest BCUT2D eigenvalue weighted by atomic mass is 10.1. The maximum absolute atomic E-state index is 11.9. The average molecular weight is 323 g/mol. The van der Waals surface area contributed by atoms with Crippen LogP contribution in [-0.2, 0) is 14.4 Å². The molecule has 0 aromatic rings. The number of rotatable bonds is 8. The van der Waals surface area contributed by atoms with E-state index in [4.69, 9.17) is 10.8 Å². The molecule has 9 nitrogen and oxygen atoms in total. The molecule has 0 aromatic carbocycles. The first kappa shape index (κ1) is 19.6. The van der Waals surface area contributed by atoms with Crippen molar-refractivity contribution in [2.24, 2.45) is 5.73 Å². The van der Waals surface area contributed by atoms with Gasteiger partial charge in [0.15, 0.2) is 6.04 Å². The molecule has 0 bridgehead atoms. The number of aliphatic hydroxyl groups excluding tert-OH is 2. The van der Waals surface area contributed by atoms with Crippen LogP contribution in [-0.4, -0.2) is 69.2 Å². The van der Waals surface area contributed by atoms with Gasteiger partial charge in [0.1, 0.15) is 6.04 Å². The van der Waals surface area contributed by atoms with Gasteiger partial charge in [0.05, 0.1) is 18.2 Å². The normalized spacial score (nSPS) is 18.0. The van der Waals surface area contributed by atoms with Crippen molar-refractivity contribution in [2.45, 2.75) is 44.2 Å². The number of amides is 2. The van der Waals surface area contributed by atoms with Crippen molar-refractivity contribution in [3.05, 3.63) is 0 Å². The van der Waals surface area contributed by atoms with Gasteiger partial charge in [-0.25, -0.2) is 4.79 Å². The number of carbonyl (C=O) groups is 3. The van der Waals surface area contributed by atoms with Gasteiger partial charge in [0, 0.05) is 5.75 Å². The van der Waals surface area contributed by atoms with E-state index in [9.17, 15) is 24.6 Å². The number of aliphatic carboxylic acids is 1. The molecule has 0 rings (SSSR count). The molecule has 0 aromatic heterocycles. The Bertz CT molecular complexity index is 390. The number of nitrogens with two attached hydrogens (primary N) is 1. The van der Waals surface area contributed by atoms with Crippen LogP contribution in [0.5, 0.6) is 0 Å². The number of hydrogen-bond acceptors (Lipinski definition) is 7. The van der Waals surface area contributed by atoms with Gasteiger partial charge in [-0.3, -0.25) is 9.59 Å². The quantitative estimate of drug-likeness (QED) is 0.235. The highest BCUT2D eigenvalue weighted by Gasteiger charge is 2.32. The molecule has 0 fully saturated rings. The van der Waals surface area contributed by atoms with Crippen LogP contribution >= 0.6 is 12.6 Å². The fraction of sp³-hybridized carbons (Fsp3) is 0.727. The zero-order valence-electron chi connectivity index (χ0n) is 11.7. The topological polar surface area (TPSA) is 162 Å². The summed E-state index contributed by atoms with van der Waals surface area (Å²) < 4.78 is 0. The summed E-state index contributed by atoms with van der Waals surface area (Å²) in [4.78, 5) is 34.4. The van der Waals surface area contributed by atoms with Crippen LogP contribution in [0.25, 0.3) is 0 Å². The highest BCUT2D eigenvalue weighted by Crippen LogP contribution is 1.99. The van der Waals surface area contributed by atoms with Gasteiger partial charge in [0.2, 0.25) is 11.8 Å². The summed E-state index contributed by atoms with van der Waals surface area (Å²) in [6.45, 7) is 2.43. The standard InChI is InChI=1S/C11H21N3O6S/c1-4(15)7(13-9(17)6(12)3-21)10(18)14-8(5(2)16)11(19)20/h4-8,15-16,21H,3,12H2,1-2H3,(H,13,17)(H,14,18)(H,19,20). The van der Waals surface area contributed by atoms with Crippen LogP contribution in [0.15, 0.2) is 0 Å². The maximum atomic E-state index is 11.9. The van der Waals surface area contributed by atoms with E-state index in [1.807, 2.05) is 5.32 Å². The lowest BCUT2D eigenvalue weighted by Crippen LogP contribution is -2.59. The third-order valence-corrected chi connectivity index (χ3v) is 3.04. The Morgan fingerprint density at radius 3 is 1.81 bits per heavy atom. The molecule has 10 heteroatoms. The Kier molecular flexibility index (Phi) is 8.25. The number of nitrogens with one attached hydrogen (secondary N) is 2. The Labute approximate surface area is 127 Å². The first-order valence-electron chi connectivity index (χ1n) is 6.17. The van der Waals surface area contributed by atoms with Crippen LogP contribution in [0, 0.1) is 0 Å². The molecule has 0 spiro atoms. The smallest absolute Gasteiger partial charge is 0.328 e. The molecular weight excluding hydrogens is 302 g/mol. The molecule has 0 saturated carbocycles. The van der Waals surface area contributed by atoms with E-state index in [1.165, 1.54) is 13.8 Å². The number of carboxylic acids is 1. The molecule has 0 heterocycles. The van der Waals surface area contributed by atoms with Crippen molar-refractivity contribution < 1.29 is 29.7 Å². The Balaban J connectivity index is 4.92. The van der Waals surface area contributed by atoms with Crippen LogP contribution in [0.1, 0.15) is 13.8 Å². The van der Waals surface area contributed by atoms with Gasteiger partial charge >= 0.3 is 5.97 Å². The van der Waals surface area contributed by atoms with E-state index in [0.717, 1.165) is 0 Å². The van der Waals surface area contributed by atoms with Crippen LogP contribution < -0.4 is 16.4 Å². The van der Waals surface area contributed by atoms with Gasteiger partial charge in [-0.15, -0.1) is 0 Å². The summed E-state index contributed by atoms with van der Waals surface area (Å²) in [6, 6.07) is -3.94. The monoisotopic (exact) mass is 323 g/mol. The second-order valence-corrected chi connectivity index (χ2v) is 4.95. The summed E-state index contributed by atoms with van der Waals surface area (Å²) in [6.07, 6.45) is -2.64. The molecule has 7 N–H and O–H groups in total. The van der Waals surface area contributed by atoms with Gasteiger partial charge in [-0.1, -0.05) is 0 Å². The summed E-state index contributed by atoms with van der Waals surface area (Å²) in [5, 5.41) is 31.9. The predicted octanol–water partition coefficient (Wildman–Crippen LogP) is -2.94. The second kappa shape index (κ2) is 8.82. The lowest BCUT2D eigenvalue weighted by molar-refractivity contribution is -0.145. The molecule has 0 aliphatic heterocycles. The molecule has 0 aliphatic rings. The Morgan fingerprint density at radius 2 is 1.48 bits per heavy atom. The molecular formula is C11H21N3O6S. The fourth-order valence-electron chi connectivity index (χ4n) is 1.38. The number of carboxylic acid groups (broad SMARTS) is 1. The number of aliphatic hydroxyl groups is 2. The minimum atomic E-state index is -1.56. The molecule has 5 atom stereocenters. The Morgan fingerprint density at radius 1 is 1.05 bits per heavy atom. The number of thiol groups is 1. The SMILES string of the molecule is CC(O)C(NC(=O)C(NC(=O)C(N)CS)C(C)O)C(=O)O. The zero-order valence-corrected chi connectivity index (χ0v) is 12.6. The predicted molar refractivity (Wildman–Crippen MR) is 76.7 cm³/mol. The first-order chi connectivity index (χ1) is 9.61. The van der Waals surface area contributed by atoms with Gasteiger partial charge < -0.3 is 31.7 Å². The molecule has 0 radical (unpaired) electrons. The van der Waals surface area contributed by atoms with Crippen molar-refractivity contribution in [1.82, 2.24) is 10.6 Å². The molecule has 21 heavy (non-hydrogen) atoms. The summed E-state index contributed by atoms with van der Waals surface area (Å²) >= 11 is 3.83. The first-order valence-corrected chi connectivity index (χ1v) is 6.81. The van der Waals surface area contributed by atoms with E-state index in [-0.39, 0.29) is 5.75 Å². The van der Waals surface area contributed by atoms with E-state index in [1.54, 1.807) is 0 Å². The van der Waals surface area contributed by atoms with E-state index in [0.29, 0.717) is 0 Å². The highest BCUT2D eigenvalue weighted by atomic mass is 32.1. The van der Waals surface area contributed by atoms with Crippen LogP contribution in [0.2, 0.25) is 0 Å². The van der Waals surface area contributed by atoms with Crippen molar-refractivity contribution in [2.75, 3.05) is 5.75 Å². The number of carbonyl (C=O) groups excluding carboxylic acids is 2. The summed E-state index contributed by atoms with van der Waals surface area (Å²) in [7, 11) is 0. The average Bonchev–Trinajstić information content (AvgIpc) is 2.39. The molecule has 0 aliphatic carbocycles. The molecule has 0 saturated heterocycles. The van der Waals surface area contributed by atoms with Crippen molar-refractivity contribution in [3.8, 4) is 0 Å². The largest absolute Gasteiger partial charge is 0.480 e. The number of hydrogen-bond donors (Lipinski definition) is 7. The Hall–Kier alpha value is -1.36.